The number of nitrogens with one attached hydrogen (secondary N) is 1. The van der Waals surface area contributed by atoms with Gasteiger partial charge in [-0.25, -0.2) is 0 Å². The molecule has 18 heavy (non-hydrogen) atoms. The molecule has 1 fully saturated rings. The summed E-state index contributed by atoms with van der Waals surface area (Å²) in [5.41, 5.74) is 3.41. The van der Waals surface area contributed by atoms with Gasteiger partial charge < -0.3 is 10.1 Å². The zero-order valence-electron chi connectivity index (χ0n) is 11.5. The highest BCUT2D eigenvalue weighted by Gasteiger charge is 2.44. The van der Waals surface area contributed by atoms with Crippen molar-refractivity contribution in [1.82, 2.24) is 5.32 Å². The highest BCUT2D eigenvalue weighted by molar-refractivity contribution is 5.39. The van der Waals surface area contributed by atoms with Crippen molar-refractivity contribution >= 4 is 0 Å². The Morgan fingerprint density at radius 1 is 1.39 bits per heavy atom. The number of fused-ring (bicyclic) bond motifs is 1. The molecule has 1 N–H and O–H groups in total. The van der Waals surface area contributed by atoms with Crippen LogP contribution in [-0.4, -0.2) is 19.7 Å². The van der Waals surface area contributed by atoms with Crippen LogP contribution in [0.2, 0.25) is 0 Å². The lowest BCUT2D eigenvalue weighted by molar-refractivity contribution is 0.357. The van der Waals surface area contributed by atoms with Gasteiger partial charge in [-0.05, 0) is 54.5 Å². The average molecular weight is 245 g/mol. The Hall–Kier alpha value is -1.02. The predicted octanol–water partition coefficient (Wildman–Crippen LogP) is 2.80. The van der Waals surface area contributed by atoms with Crippen LogP contribution >= 0.6 is 0 Å². The van der Waals surface area contributed by atoms with Crippen molar-refractivity contribution in [3.05, 3.63) is 29.3 Å². The number of benzene rings is 1. The molecule has 2 aliphatic rings. The molecule has 0 amide bonds. The Bertz CT molecular complexity index is 439. The van der Waals surface area contributed by atoms with Gasteiger partial charge in [0, 0.05) is 6.42 Å². The monoisotopic (exact) mass is 245 g/mol. The fraction of sp³-hybridized carbons (Fsp3) is 0.625. The molecular formula is C16H23NO. The van der Waals surface area contributed by atoms with E-state index in [9.17, 15) is 0 Å². The Morgan fingerprint density at radius 2 is 2.22 bits per heavy atom. The Morgan fingerprint density at radius 3 is 3.00 bits per heavy atom. The molecular weight excluding hydrogens is 222 g/mol. The molecule has 0 aromatic heterocycles. The summed E-state index contributed by atoms with van der Waals surface area (Å²) < 4.78 is 5.53. The Kier molecular flexibility index (Phi) is 3.06. The van der Waals surface area contributed by atoms with Gasteiger partial charge in [-0.1, -0.05) is 26.0 Å². The summed E-state index contributed by atoms with van der Waals surface area (Å²) in [7, 11) is 0. The van der Waals surface area contributed by atoms with Gasteiger partial charge in [-0.15, -0.1) is 0 Å². The quantitative estimate of drug-likeness (QED) is 0.805. The largest absolute Gasteiger partial charge is 0.493 e. The third kappa shape index (κ3) is 2.54. The molecule has 98 valence electrons. The van der Waals surface area contributed by atoms with E-state index in [-0.39, 0.29) is 0 Å². The minimum Gasteiger partial charge on any atom is -0.493 e. The van der Waals surface area contributed by atoms with Crippen molar-refractivity contribution in [2.24, 2.45) is 11.3 Å². The highest BCUT2D eigenvalue weighted by Crippen LogP contribution is 2.50. The van der Waals surface area contributed by atoms with Gasteiger partial charge in [-0.2, -0.15) is 0 Å². The first-order valence-corrected chi connectivity index (χ1v) is 7.10. The first-order valence-electron chi connectivity index (χ1n) is 7.10. The molecule has 1 atom stereocenters. The van der Waals surface area contributed by atoms with Crippen molar-refractivity contribution in [1.29, 1.82) is 0 Å². The van der Waals surface area contributed by atoms with Gasteiger partial charge in [0.1, 0.15) is 5.75 Å². The first kappa shape index (κ1) is 12.0. The van der Waals surface area contributed by atoms with E-state index in [1.165, 1.54) is 24.1 Å². The molecule has 2 heteroatoms. The van der Waals surface area contributed by atoms with Gasteiger partial charge in [0.25, 0.3) is 0 Å². The molecule has 3 rings (SSSR count). The second-order valence-corrected chi connectivity index (χ2v) is 6.38. The number of hydrogen-bond acceptors (Lipinski definition) is 2. The number of rotatable bonds is 5. The van der Waals surface area contributed by atoms with Crippen LogP contribution in [-0.2, 0) is 12.8 Å². The van der Waals surface area contributed by atoms with Crippen molar-refractivity contribution < 1.29 is 4.74 Å². The first-order chi connectivity index (χ1) is 8.65. The standard InChI is InChI=1S/C16H23NO/c1-16(2)10-14(16)11-17-7-5-12-3-4-15-13(9-12)6-8-18-15/h3-4,9,14,17H,5-8,10-11H2,1-2H3. The molecule has 0 radical (unpaired) electrons. The predicted molar refractivity (Wildman–Crippen MR) is 74.1 cm³/mol. The summed E-state index contributed by atoms with van der Waals surface area (Å²) in [4.78, 5) is 0. The van der Waals surface area contributed by atoms with Crippen LogP contribution in [0.25, 0.3) is 0 Å². The van der Waals surface area contributed by atoms with Gasteiger partial charge in [0.05, 0.1) is 6.61 Å². The summed E-state index contributed by atoms with van der Waals surface area (Å²) in [6.45, 7) is 7.85. The Labute approximate surface area is 110 Å². The molecule has 1 aromatic carbocycles. The van der Waals surface area contributed by atoms with Gasteiger partial charge in [-0.3, -0.25) is 0 Å². The topological polar surface area (TPSA) is 21.3 Å². The third-order valence-corrected chi connectivity index (χ3v) is 4.45. The third-order valence-electron chi connectivity index (χ3n) is 4.45. The minimum atomic E-state index is 0.595. The van der Waals surface area contributed by atoms with E-state index < -0.39 is 0 Å². The zero-order chi connectivity index (χ0) is 12.6. The summed E-state index contributed by atoms with van der Waals surface area (Å²) in [6.07, 6.45) is 3.59. The van der Waals surface area contributed by atoms with Crippen molar-refractivity contribution in [3.8, 4) is 5.75 Å². The summed E-state index contributed by atoms with van der Waals surface area (Å²) >= 11 is 0. The normalized spacial score (nSPS) is 23.6. The molecule has 1 heterocycles. The van der Waals surface area contributed by atoms with Crippen LogP contribution in [0.3, 0.4) is 0 Å². The van der Waals surface area contributed by atoms with E-state index in [0.717, 1.165) is 37.7 Å². The molecule has 1 saturated carbocycles. The molecule has 0 saturated heterocycles. The van der Waals surface area contributed by atoms with Crippen molar-refractivity contribution in [2.45, 2.75) is 33.1 Å². The summed E-state index contributed by atoms with van der Waals surface area (Å²) in [5.74, 6) is 1.98. The fourth-order valence-electron chi connectivity index (χ4n) is 2.83. The second kappa shape index (κ2) is 4.58. The van der Waals surface area contributed by atoms with E-state index in [1.807, 2.05) is 0 Å². The number of hydrogen-bond donors (Lipinski definition) is 1. The minimum absolute atomic E-state index is 0.595. The lowest BCUT2D eigenvalue weighted by Crippen LogP contribution is -2.21. The second-order valence-electron chi connectivity index (χ2n) is 6.38. The van der Waals surface area contributed by atoms with Gasteiger partial charge in [0.2, 0.25) is 0 Å². The lowest BCUT2D eigenvalue weighted by atomic mass is 10.1. The van der Waals surface area contributed by atoms with Crippen LogP contribution in [0.5, 0.6) is 5.75 Å². The van der Waals surface area contributed by atoms with E-state index in [4.69, 9.17) is 4.74 Å². The van der Waals surface area contributed by atoms with E-state index >= 15 is 0 Å². The van der Waals surface area contributed by atoms with Crippen LogP contribution in [0.1, 0.15) is 31.4 Å². The summed E-state index contributed by atoms with van der Waals surface area (Å²) in [5, 5.41) is 3.59. The van der Waals surface area contributed by atoms with Gasteiger partial charge >= 0.3 is 0 Å². The SMILES string of the molecule is CC1(C)CC1CNCCc1ccc2c(c1)CCO2. The summed E-state index contributed by atoms with van der Waals surface area (Å²) in [6, 6.07) is 6.64. The smallest absolute Gasteiger partial charge is 0.122 e. The number of ether oxygens (including phenoxy) is 1. The van der Waals surface area contributed by atoms with E-state index in [0.29, 0.717) is 5.41 Å². The molecule has 2 nitrogen and oxygen atoms in total. The molecule has 1 aliphatic heterocycles. The molecule has 0 spiro atoms. The maximum absolute atomic E-state index is 5.53. The Balaban J connectivity index is 1.43. The van der Waals surface area contributed by atoms with Crippen molar-refractivity contribution in [2.75, 3.05) is 19.7 Å². The van der Waals surface area contributed by atoms with Crippen LogP contribution in [0, 0.1) is 11.3 Å². The van der Waals surface area contributed by atoms with Crippen LogP contribution in [0.15, 0.2) is 18.2 Å². The average Bonchev–Trinajstić information content (AvgIpc) is 2.77. The van der Waals surface area contributed by atoms with E-state index in [2.05, 4.69) is 37.4 Å². The molecule has 1 aliphatic carbocycles. The van der Waals surface area contributed by atoms with Crippen LogP contribution in [0.4, 0.5) is 0 Å². The van der Waals surface area contributed by atoms with E-state index in [1.54, 1.807) is 0 Å². The molecule has 1 unspecified atom stereocenters. The fourth-order valence-corrected chi connectivity index (χ4v) is 2.83. The maximum Gasteiger partial charge on any atom is 0.122 e. The highest BCUT2D eigenvalue weighted by atomic mass is 16.5. The lowest BCUT2D eigenvalue weighted by Gasteiger charge is -2.07. The van der Waals surface area contributed by atoms with Crippen molar-refractivity contribution in [3.63, 3.8) is 0 Å². The molecule has 1 aromatic rings. The zero-order valence-corrected chi connectivity index (χ0v) is 11.5. The maximum atomic E-state index is 5.53. The molecule has 0 bridgehead atoms. The van der Waals surface area contributed by atoms with Crippen LogP contribution < -0.4 is 10.1 Å². The van der Waals surface area contributed by atoms with Gasteiger partial charge in [0.15, 0.2) is 0 Å².